The van der Waals surface area contributed by atoms with E-state index >= 15 is 0 Å². The van der Waals surface area contributed by atoms with Crippen molar-refractivity contribution < 1.29 is 13.9 Å². The summed E-state index contributed by atoms with van der Waals surface area (Å²) < 4.78 is 18.5. The van der Waals surface area contributed by atoms with Crippen molar-refractivity contribution in [1.82, 2.24) is 0 Å². The summed E-state index contributed by atoms with van der Waals surface area (Å²) in [6, 6.07) is 4.15. The molecule has 19 heavy (non-hydrogen) atoms. The zero-order valence-corrected chi connectivity index (χ0v) is 11.6. The van der Waals surface area contributed by atoms with Gasteiger partial charge in [-0.2, -0.15) is 0 Å². The molecule has 1 aromatic rings. The first-order chi connectivity index (χ1) is 9.15. The van der Waals surface area contributed by atoms with Gasteiger partial charge in [-0.15, -0.1) is 0 Å². The van der Waals surface area contributed by atoms with E-state index in [4.69, 9.17) is 16.3 Å². The molecule has 1 aliphatic heterocycles. The zero-order valence-electron chi connectivity index (χ0n) is 10.8. The lowest BCUT2D eigenvalue weighted by molar-refractivity contribution is -0.119. The first-order valence-corrected chi connectivity index (χ1v) is 7.10. The highest BCUT2D eigenvalue weighted by Crippen LogP contribution is 2.20. The van der Waals surface area contributed by atoms with Gasteiger partial charge in [0, 0.05) is 24.5 Å². The summed E-state index contributed by atoms with van der Waals surface area (Å²) in [7, 11) is 0. The van der Waals surface area contributed by atoms with Gasteiger partial charge in [0.2, 0.25) is 0 Å². The van der Waals surface area contributed by atoms with Gasteiger partial charge < -0.3 is 4.74 Å². The minimum atomic E-state index is -0.378. The third-order valence-electron chi connectivity index (χ3n) is 3.42. The van der Waals surface area contributed by atoms with E-state index in [-0.39, 0.29) is 24.1 Å². The number of carbonyl (C=O) groups excluding carboxylic acids is 1. The van der Waals surface area contributed by atoms with Crippen LogP contribution in [0.1, 0.15) is 37.7 Å². The lowest BCUT2D eigenvalue weighted by atomic mass is 10.0. The molecule has 1 atom stereocenters. The summed E-state index contributed by atoms with van der Waals surface area (Å²) in [5, 5.41) is 0.322. The van der Waals surface area contributed by atoms with Crippen molar-refractivity contribution in [3.63, 3.8) is 0 Å². The highest BCUT2D eigenvalue weighted by molar-refractivity contribution is 6.31. The zero-order chi connectivity index (χ0) is 13.7. The van der Waals surface area contributed by atoms with Crippen LogP contribution < -0.4 is 0 Å². The lowest BCUT2D eigenvalue weighted by Crippen LogP contribution is -2.20. The smallest absolute Gasteiger partial charge is 0.137 e. The van der Waals surface area contributed by atoms with Crippen molar-refractivity contribution in [1.29, 1.82) is 0 Å². The number of rotatable bonds is 5. The fourth-order valence-corrected chi connectivity index (χ4v) is 2.56. The van der Waals surface area contributed by atoms with E-state index in [0.717, 1.165) is 25.9 Å². The van der Waals surface area contributed by atoms with E-state index in [2.05, 4.69) is 0 Å². The molecule has 0 aromatic heterocycles. The molecular weight excluding hydrogens is 267 g/mol. The van der Waals surface area contributed by atoms with Crippen molar-refractivity contribution in [3.8, 4) is 0 Å². The van der Waals surface area contributed by atoms with E-state index in [9.17, 15) is 9.18 Å². The number of hydrogen-bond donors (Lipinski definition) is 0. The Bertz CT molecular complexity index is 442. The molecular formula is C15H18ClFO2. The minimum Gasteiger partial charge on any atom is -0.378 e. The predicted octanol–water partition coefficient (Wildman–Crippen LogP) is 3.94. The molecule has 1 heterocycles. The maximum absolute atomic E-state index is 12.9. The van der Waals surface area contributed by atoms with Crippen molar-refractivity contribution in [3.05, 3.63) is 34.6 Å². The molecule has 2 rings (SSSR count). The summed E-state index contributed by atoms with van der Waals surface area (Å²) >= 11 is 5.91. The van der Waals surface area contributed by atoms with E-state index in [1.165, 1.54) is 18.6 Å². The van der Waals surface area contributed by atoms with Crippen LogP contribution in [0.5, 0.6) is 0 Å². The molecule has 0 saturated carbocycles. The fourth-order valence-electron chi connectivity index (χ4n) is 2.32. The Labute approximate surface area is 117 Å². The summed E-state index contributed by atoms with van der Waals surface area (Å²) in [5.74, 6) is -0.250. The molecule has 104 valence electrons. The molecule has 0 bridgehead atoms. The van der Waals surface area contributed by atoms with Crippen LogP contribution in [0.25, 0.3) is 0 Å². The highest BCUT2D eigenvalue weighted by Gasteiger charge is 2.16. The van der Waals surface area contributed by atoms with Gasteiger partial charge >= 0.3 is 0 Å². The van der Waals surface area contributed by atoms with Crippen LogP contribution in [0, 0.1) is 5.82 Å². The molecule has 4 heteroatoms. The lowest BCUT2D eigenvalue weighted by Gasteiger charge is -2.22. The van der Waals surface area contributed by atoms with Crippen LogP contribution in [0.4, 0.5) is 4.39 Å². The van der Waals surface area contributed by atoms with Crippen molar-refractivity contribution >= 4 is 17.4 Å². The van der Waals surface area contributed by atoms with E-state index in [0.29, 0.717) is 17.0 Å². The molecule has 0 spiro atoms. The van der Waals surface area contributed by atoms with E-state index in [1.807, 2.05) is 0 Å². The second-order valence-electron chi connectivity index (χ2n) is 4.98. The van der Waals surface area contributed by atoms with Gasteiger partial charge in [0.05, 0.1) is 6.10 Å². The van der Waals surface area contributed by atoms with Crippen LogP contribution in [0.2, 0.25) is 5.02 Å². The van der Waals surface area contributed by atoms with Gasteiger partial charge in [0.1, 0.15) is 11.6 Å². The Balaban J connectivity index is 1.80. The van der Waals surface area contributed by atoms with Crippen molar-refractivity contribution in [2.24, 2.45) is 0 Å². The number of benzene rings is 1. The van der Waals surface area contributed by atoms with Crippen LogP contribution >= 0.6 is 11.6 Å². The quantitative estimate of drug-likeness (QED) is 0.819. The molecule has 0 N–H and O–H groups in total. The monoisotopic (exact) mass is 284 g/mol. The Morgan fingerprint density at radius 2 is 2.26 bits per heavy atom. The Morgan fingerprint density at radius 3 is 2.95 bits per heavy atom. The molecule has 1 aliphatic rings. The second kappa shape index (κ2) is 7.01. The van der Waals surface area contributed by atoms with Gasteiger partial charge in [-0.3, -0.25) is 4.79 Å². The topological polar surface area (TPSA) is 26.3 Å². The third-order valence-corrected chi connectivity index (χ3v) is 3.77. The van der Waals surface area contributed by atoms with E-state index < -0.39 is 0 Å². The third kappa shape index (κ3) is 4.59. The average molecular weight is 285 g/mol. The summed E-state index contributed by atoms with van der Waals surface area (Å²) in [6.45, 7) is 0.808. The van der Waals surface area contributed by atoms with Crippen LogP contribution in [-0.4, -0.2) is 18.5 Å². The van der Waals surface area contributed by atoms with Gasteiger partial charge in [-0.25, -0.2) is 4.39 Å². The summed E-state index contributed by atoms with van der Waals surface area (Å²) in [4.78, 5) is 11.9. The molecule has 1 saturated heterocycles. The van der Waals surface area contributed by atoms with Crippen molar-refractivity contribution in [2.75, 3.05) is 6.61 Å². The van der Waals surface area contributed by atoms with Crippen molar-refractivity contribution in [2.45, 2.75) is 44.6 Å². The first-order valence-electron chi connectivity index (χ1n) is 6.72. The maximum atomic E-state index is 12.9. The largest absolute Gasteiger partial charge is 0.378 e. The minimum absolute atomic E-state index is 0.127. The van der Waals surface area contributed by atoms with Crippen LogP contribution in [-0.2, 0) is 16.0 Å². The number of hydrogen-bond acceptors (Lipinski definition) is 2. The van der Waals surface area contributed by atoms with Gasteiger partial charge in [-0.05, 0) is 43.4 Å². The second-order valence-corrected chi connectivity index (χ2v) is 5.39. The molecule has 0 radical (unpaired) electrons. The summed E-state index contributed by atoms with van der Waals surface area (Å²) in [6.07, 6.45) is 5.12. The number of ketones is 1. The van der Waals surface area contributed by atoms with Crippen LogP contribution in [0.15, 0.2) is 18.2 Å². The molecule has 0 amide bonds. The number of Topliss-reactive ketones (excluding diaryl/α,β-unsaturated/α-hetero) is 1. The standard InChI is InChI=1S/C15H18ClFO2/c16-15-10-12(17)5-4-11(15)9-13(18)6-7-14-3-1-2-8-19-14/h4-5,10,14H,1-3,6-9H2. The first kappa shape index (κ1) is 14.5. The van der Waals surface area contributed by atoms with E-state index in [1.54, 1.807) is 6.07 Å². The Kier molecular flexibility index (Phi) is 5.34. The molecule has 1 unspecified atom stereocenters. The SMILES string of the molecule is O=C(CCC1CCCCO1)Cc1ccc(F)cc1Cl. The number of halogens is 2. The Morgan fingerprint density at radius 1 is 1.42 bits per heavy atom. The Hall–Kier alpha value is -0.930. The van der Waals surface area contributed by atoms with Gasteiger partial charge in [0.15, 0.2) is 0 Å². The molecule has 2 nitrogen and oxygen atoms in total. The number of carbonyl (C=O) groups is 1. The maximum Gasteiger partial charge on any atom is 0.137 e. The highest BCUT2D eigenvalue weighted by atomic mass is 35.5. The molecule has 1 aromatic carbocycles. The van der Waals surface area contributed by atoms with Crippen LogP contribution in [0.3, 0.4) is 0 Å². The number of ether oxygens (including phenoxy) is 1. The summed E-state index contributed by atoms with van der Waals surface area (Å²) in [5.41, 5.74) is 0.692. The van der Waals surface area contributed by atoms with Gasteiger partial charge in [0.25, 0.3) is 0 Å². The average Bonchev–Trinajstić information content (AvgIpc) is 2.41. The molecule has 1 fully saturated rings. The predicted molar refractivity (Wildman–Crippen MR) is 72.9 cm³/mol. The normalized spacial score (nSPS) is 19.4. The molecule has 0 aliphatic carbocycles. The van der Waals surface area contributed by atoms with Gasteiger partial charge in [-0.1, -0.05) is 17.7 Å². The fraction of sp³-hybridized carbons (Fsp3) is 0.533.